The van der Waals surface area contributed by atoms with Gasteiger partial charge in [-0.05, 0) is 32.5 Å². The van der Waals surface area contributed by atoms with Crippen LogP contribution in [0.3, 0.4) is 0 Å². The van der Waals surface area contributed by atoms with E-state index >= 15 is 0 Å². The van der Waals surface area contributed by atoms with Gasteiger partial charge in [-0.3, -0.25) is 0 Å². The monoisotopic (exact) mass is 222 g/mol. The van der Waals surface area contributed by atoms with Gasteiger partial charge < -0.3 is 15.4 Å². The maximum Gasteiger partial charge on any atom is 0.119 e. The number of nitrogens with zero attached hydrogens (tertiary/aromatic N) is 1. The van der Waals surface area contributed by atoms with Crippen LogP contribution in [0.2, 0.25) is 0 Å². The van der Waals surface area contributed by atoms with Crippen molar-refractivity contribution >= 4 is 0 Å². The van der Waals surface area contributed by atoms with E-state index in [4.69, 9.17) is 10.5 Å². The third-order valence-corrected chi connectivity index (χ3v) is 2.76. The minimum Gasteiger partial charge on any atom is -0.494 e. The van der Waals surface area contributed by atoms with Crippen LogP contribution in [0, 0.1) is 0 Å². The molecule has 1 aromatic rings. The molecule has 3 nitrogen and oxygen atoms in total. The van der Waals surface area contributed by atoms with Gasteiger partial charge in [0, 0.05) is 19.1 Å². The summed E-state index contributed by atoms with van der Waals surface area (Å²) in [5.74, 6) is 0.942. The lowest BCUT2D eigenvalue weighted by molar-refractivity contribution is 0.227. The van der Waals surface area contributed by atoms with E-state index < -0.39 is 0 Å². The molecule has 1 atom stereocenters. The molecule has 0 aliphatic heterocycles. The van der Waals surface area contributed by atoms with E-state index in [-0.39, 0.29) is 0 Å². The van der Waals surface area contributed by atoms with Crippen molar-refractivity contribution in [1.82, 2.24) is 4.90 Å². The largest absolute Gasteiger partial charge is 0.494 e. The van der Waals surface area contributed by atoms with Gasteiger partial charge in [-0.25, -0.2) is 0 Å². The number of para-hydroxylation sites is 1. The predicted octanol–water partition coefficient (Wildman–Crippen LogP) is 1.73. The first-order valence-electron chi connectivity index (χ1n) is 5.82. The molecule has 0 bridgehead atoms. The Kier molecular flexibility index (Phi) is 5.90. The Morgan fingerprint density at radius 3 is 2.62 bits per heavy atom. The molecule has 1 rings (SSSR count). The molecule has 0 spiro atoms. The second kappa shape index (κ2) is 7.25. The van der Waals surface area contributed by atoms with Crippen LogP contribution in [0.5, 0.6) is 5.75 Å². The summed E-state index contributed by atoms with van der Waals surface area (Å²) < 4.78 is 5.61. The van der Waals surface area contributed by atoms with Crippen molar-refractivity contribution in [3.63, 3.8) is 0 Å². The van der Waals surface area contributed by atoms with Gasteiger partial charge in [-0.2, -0.15) is 0 Å². The smallest absolute Gasteiger partial charge is 0.119 e. The summed E-state index contributed by atoms with van der Waals surface area (Å²) in [6.45, 7) is 4.62. The lowest BCUT2D eigenvalue weighted by atomic mass is 10.3. The topological polar surface area (TPSA) is 38.5 Å². The van der Waals surface area contributed by atoms with E-state index in [0.29, 0.717) is 12.6 Å². The summed E-state index contributed by atoms with van der Waals surface area (Å²) in [5, 5.41) is 0. The number of ether oxygens (including phenoxy) is 1. The zero-order valence-electron chi connectivity index (χ0n) is 10.2. The molecule has 1 unspecified atom stereocenters. The first kappa shape index (κ1) is 13.0. The number of hydrogen-bond donors (Lipinski definition) is 1. The van der Waals surface area contributed by atoms with Crippen molar-refractivity contribution in [2.24, 2.45) is 5.73 Å². The Balaban J connectivity index is 2.13. The average molecular weight is 222 g/mol. The maximum atomic E-state index is 5.61. The highest BCUT2D eigenvalue weighted by Crippen LogP contribution is 2.08. The van der Waals surface area contributed by atoms with E-state index in [1.807, 2.05) is 30.3 Å². The molecule has 0 aliphatic rings. The molecule has 1 aromatic carbocycles. The minimum atomic E-state index is 0.441. The molecule has 0 radical (unpaired) electrons. The van der Waals surface area contributed by atoms with Crippen LogP contribution in [-0.2, 0) is 0 Å². The maximum absolute atomic E-state index is 5.61. The van der Waals surface area contributed by atoms with Gasteiger partial charge in [-0.1, -0.05) is 18.2 Å². The highest BCUT2D eigenvalue weighted by Gasteiger charge is 2.05. The van der Waals surface area contributed by atoms with Gasteiger partial charge in [0.05, 0.1) is 6.61 Å². The Morgan fingerprint density at radius 2 is 2.00 bits per heavy atom. The van der Waals surface area contributed by atoms with Crippen molar-refractivity contribution in [3.05, 3.63) is 30.3 Å². The summed E-state index contributed by atoms with van der Waals surface area (Å²) in [6, 6.07) is 10.4. The van der Waals surface area contributed by atoms with Crippen molar-refractivity contribution < 1.29 is 4.74 Å². The van der Waals surface area contributed by atoms with E-state index in [9.17, 15) is 0 Å². The summed E-state index contributed by atoms with van der Waals surface area (Å²) in [6.07, 6.45) is 1.02. The molecule has 0 aromatic heterocycles. The van der Waals surface area contributed by atoms with Gasteiger partial charge in [0.25, 0.3) is 0 Å². The number of nitrogens with two attached hydrogens (primary N) is 1. The Bertz CT molecular complexity index is 277. The minimum absolute atomic E-state index is 0.441. The molecule has 0 heterocycles. The van der Waals surface area contributed by atoms with E-state index in [2.05, 4.69) is 18.9 Å². The second-order valence-corrected chi connectivity index (χ2v) is 4.08. The Labute approximate surface area is 98.2 Å². The molecule has 0 fully saturated rings. The van der Waals surface area contributed by atoms with Crippen molar-refractivity contribution in [2.45, 2.75) is 19.4 Å². The quantitative estimate of drug-likeness (QED) is 0.714. The van der Waals surface area contributed by atoms with Crippen molar-refractivity contribution in [1.29, 1.82) is 0 Å². The molecular formula is C13H22N2O. The number of rotatable bonds is 7. The number of benzene rings is 1. The molecule has 0 saturated heterocycles. The van der Waals surface area contributed by atoms with E-state index in [1.54, 1.807) is 0 Å². The Morgan fingerprint density at radius 1 is 1.31 bits per heavy atom. The Hall–Kier alpha value is -1.06. The van der Waals surface area contributed by atoms with Gasteiger partial charge in [0.2, 0.25) is 0 Å². The highest BCUT2D eigenvalue weighted by atomic mass is 16.5. The zero-order chi connectivity index (χ0) is 11.8. The molecule has 0 amide bonds. The normalized spacial score (nSPS) is 12.8. The van der Waals surface area contributed by atoms with Crippen LogP contribution < -0.4 is 10.5 Å². The van der Waals surface area contributed by atoms with Crippen LogP contribution in [0.1, 0.15) is 13.3 Å². The lowest BCUT2D eigenvalue weighted by Gasteiger charge is -2.23. The fourth-order valence-corrected chi connectivity index (χ4v) is 1.42. The standard InChI is InChI=1S/C13H22N2O/c1-12(11-14)15(2)9-6-10-16-13-7-4-3-5-8-13/h3-5,7-8,12H,6,9-11,14H2,1-2H3. The average Bonchev–Trinajstić information content (AvgIpc) is 2.34. The third kappa shape index (κ3) is 4.64. The van der Waals surface area contributed by atoms with Crippen LogP contribution in [-0.4, -0.2) is 37.7 Å². The van der Waals surface area contributed by atoms with Gasteiger partial charge in [-0.15, -0.1) is 0 Å². The number of hydrogen-bond acceptors (Lipinski definition) is 3. The van der Waals surface area contributed by atoms with Crippen molar-refractivity contribution in [3.8, 4) is 5.75 Å². The van der Waals surface area contributed by atoms with Crippen LogP contribution >= 0.6 is 0 Å². The van der Waals surface area contributed by atoms with Gasteiger partial charge in [0.15, 0.2) is 0 Å². The van der Waals surface area contributed by atoms with Gasteiger partial charge >= 0.3 is 0 Å². The lowest BCUT2D eigenvalue weighted by Crippen LogP contribution is -2.36. The first-order chi connectivity index (χ1) is 7.74. The summed E-state index contributed by atoms with van der Waals surface area (Å²) >= 11 is 0. The fourth-order valence-electron chi connectivity index (χ4n) is 1.42. The summed E-state index contributed by atoms with van der Waals surface area (Å²) in [4.78, 5) is 2.26. The molecule has 16 heavy (non-hydrogen) atoms. The van der Waals surface area contributed by atoms with Crippen LogP contribution in [0.25, 0.3) is 0 Å². The fraction of sp³-hybridized carbons (Fsp3) is 0.538. The van der Waals surface area contributed by atoms with Crippen LogP contribution in [0.4, 0.5) is 0 Å². The molecule has 2 N–H and O–H groups in total. The summed E-state index contributed by atoms with van der Waals surface area (Å²) in [5.41, 5.74) is 5.60. The molecule has 0 aliphatic carbocycles. The van der Waals surface area contributed by atoms with Gasteiger partial charge in [0.1, 0.15) is 5.75 Å². The molecule has 90 valence electrons. The zero-order valence-corrected chi connectivity index (χ0v) is 10.2. The molecule has 3 heteroatoms. The third-order valence-electron chi connectivity index (χ3n) is 2.76. The van der Waals surface area contributed by atoms with E-state index in [1.165, 1.54) is 0 Å². The van der Waals surface area contributed by atoms with E-state index in [0.717, 1.165) is 25.3 Å². The second-order valence-electron chi connectivity index (χ2n) is 4.08. The first-order valence-corrected chi connectivity index (χ1v) is 5.82. The predicted molar refractivity (Wildman–Crippen MR) is 67.7 cm³/mol. The SMILES string of the molecule is CC(CN)N(C)CCCOc1ccccc1. The number of likely N-dealkylation sites (N-methyl/N-ethyl adjacent to an activating group) is 1. The van der Waals surface area contributed by atoms with Crippen LogP contribution in [0.15, 0.2) is 30.3 Å². The molecule has 0 saturated carbocycles. The highest BCUT2D eigenvalue weighted by molar-refractivity contribution is 5.20. The van der Waals surface area contributed by atoms with Crippen molar-refractivity contribution in [2.75, 3.05) is 26.7 Å². The summed E-state index contributed by atoms with van der Waals surface area (Å²) in [7, 11) is 2.10. The molecular weight excluding hydrogens is 200 g/mol.